The van der Waals surface area contributed by atoms with Gasteiger partial charge in [0.2, 0.25) is 11.8 Å². The summed E-state index contributed by atoms with van der Waals surface area (Å²) in [6.45, 7) is 1.57. The van der Waals surface area contributed by atoms with E-state index in [0.29, 0.717) is 17.1 Å². The van der Waals surface area contributed by atoms with Gasteiger partial charge < -0.3 is 25.4 Å². The molecular weight excluding hydrogens is 391 g/mol. The molecule has 156 valence electrons. The molecule has 0 spiro atoms. The van der Waals surface area contributed by atoms with Crippen molar-refractivity contribution in [1.82, 2.24) is 0 Å². The average molecular weight is 411 g/mol. The average Bonchev–Trinajstić information content (AvgIpc) is 2.64. The summed E-state index contributed by atoms with van der Waals surface area (Å²) in [6, 6.07) is 10.9. The third-order valence-corrected chi connectivity index (χ3v) is 3.58. The van der Waals surface area contributed by atoms with E-state index in [9.17, 15) is 22.8 Å². The Morgan fingerprint density at radius 2 is 1.45 bits per heavy atom. The maximum Gasteiger partial charge on any atom is 0.573 e. The third kappa shape index (κ3) is 7.70. The second kappa shape index (κ2) is 9.78. The molecule has 0 heterocycles. The molecule has 7 nitrogen and oxygen atoms in total. The van der Waals surface area contributed by atoms with Crippen molar-refractivity contribution in [3.05, 3.63) is 48.5 Å². The second-order valence-electron chi connectivity index (χ2n) is 5.99. The minimum Gasteiger partial charge on any atom is -0.406 e. The summed E-state index contributed by atoms with van der Waals surface area (Å²) in [7, 11) is 1.42. The fraction of sp³-hybridized carbons (Fsp3) is 0.263. The number of carbonyl (C=O) groups excluding carboxylic acids is 2. The largest absolute Gasteiger partial charge is 0.573 e. The Morgan fingerprint density at radius 3 is 2.00 bits per heavy atom. The number of carbonyl (C=O) groups is 2. The molecule has 0 aliphatic carbocycles. The Morgan fingerprint density at radius 1 is 0.931 bits per heavy atom. The minimum absolute atomic E-state index is 0.0550. The van der Waals surface area contributed by atoms with E-state index in [0.717, 1.165) is 12.1 Å². The van der Waals surface area contributed by atoms with Gasteiger partial charge in [0.05, 0.1) is 0 Å². The fourth-order valence-corrected chi connectivity index (χ4v) is 2.28. The van der Waals surface area contributed by atoms with E-state index < -0.39 is 12.4 Å². The van der Waals surface area contributed by atoms with Crippen molar-refractivity contribution in [2.75, 3.05) is 29.7 Å². The van der Waals surface area contributed by atoms with Gasteiger partial charge in [-0.15, -0.1) is 13.2 Å². The molecule has 1 atom stereocenters. The zero-order chi connectivity index (χ0) is 21.4. The molecule has 0 bridgehead atoms. The van der Waals surface area contributed by atoms with Gasteiger partial charge in [0.15, 0.2) is 0 Å². The summed E-state index contributed by atoms with van der Waals surface area (Å²) < 4.78 is 45.0. The Labute approximate surface area is 165 Å². The second-order valence-corrected chi connectivity index (χ2v) is 5.99. The van der Waals surface area contributed by atoms with E-state index in [4.69, 9.17) is 4.74 Å². The van der Waals surface area contributed by atoms with Gasteiger partial charge in [-0.05, 0) is 55.5 Å². The molecule has 2 amide bonds. The van der Waals surface area contributed by atoms with E-state index in [1.807, 2.05) is 0 Å². The first-order valence-corrected chi connectivity index (χ1v) is 8.48. The lowest BCUT2D eigenvalue weighted by Gasteiger charge is -2.16. The summed E-state index contributed by atoms with van der Waals surface area (Å²) in [4.78, 5) is 23.7. The van der Waals surface area contributed by atoms with Gasteiger partial charge in [-0.1, -0.05) is 0 Å². The summed E-state index contributed by atoms with van der Waals surface area (Å²) in [6.07, 6.45) is -4.77. The molecule has 0 saturated carbocycles. The van der Waals surface area contributed by atoms with Crippen LogP contribution in [0.4, 0.5) is 30.2 Å². The van der Waals surface area contributed by atoms with Crippen LogP contribution in [0.1, 0.15) is 6.92 Å². The molecule has 10 heteroatoms. The zero-order valence-corrected chi connectivity index (χ0v) is 15.7. The van der Waals surface area contributed by atoms with Gasteiger partial charge >= 0.3 is 6.36 Å². The normalized spacial score (nSPS) is 12.0. The molecule has 0 fully saturated rings. The van der Waals surface area contributed by atoms with E-state index in [-0.39, 0.29) is 24.2 Å². The van der Waals surface area contributed by atoms with Crippen LogP contribution in [0.2, 0.25) is 0 Å². The highest BCUT2D eigenvalue weighted by Crippen LogP contribution is 2.24. The van der Waals surface area contributed by atoms with Gasteiger partial charge in [0, 0.05) is 24.2 Å². The van der Waals surface area contributed by atoms with Crippen molar-refractivity contribution < 1.29 is 32.2 Å². The lowest BCUT2D eigenvalue weighted by molar-refractivity contribution is -0.274. The Balaban J connectivity index is 1.87. The molecular formula is C19H20F3N3O4. The van der Waals surface area contributed by atoms with Crippen molar-refractivity contribution in [3.63, 3.8) is 0 Å². The van der Waals surface area contributed by atoms with Crippen LogP contribution in [0.15, 0.2) is 48.5 Å². The predicted molar refractivity (Wildman–Crippen MR) is 102 cm³/mol. The van der Waals surface area contributed by atoms with Crippen LogP contribution in [0, 0.1) is 0 Å². The lowest BCUT2D eigenvalue weighted by Crippen LogP contribution is -2.31. The van der Waals surface area contributed by atoms with Gasteiger partial charge in [0.1, 0.15) is 18.4 Å². The lowest BCUT2D eigenvalue weighted by atomic mass is 10.2. The number of halogens is 3. The van der Waals surface area contributed by atoms with Crippen LogP contribution in [0.5, 0.6) is 5.75 Å². The Hall–Kier alpha value is -3.27. The van der Waals surface area contributed by atoms with Crippen molar-refractivity contribution in [1.29, 1.82) is 0 Å². The molecule has 3 N–H and O–H groups in total. The SMILES string of the molecule is COCC(=O)Nc1ccc(NC(C)C(=O)Nc2ccc(OC(F)(F)F)cc2)cc1. The molecule has 0 saturated heterocycles. The van der Waals surface area contributed by atoms with Crippen molar-refractivity contribution in [2.24, 2.45) is 0 Å². The van der Waals surface area contributed by atoms with Crippen LogP contribution in [-0.2, 0) is 14.3 Å². The quantitative estimate of drug-likeness (QED) is 0.618. The van der Waals surface area contributed by atoms with Crippen LogP contribution < -0.4 is 20.7 Å². The summed E-state index contributed by atoms with van der Waals surface area (Å²) >= 11 is 0. The van der Waals surface area contributed by atoms with Crippen molar-refractivity contribution >= 4 is 28.9 Å². The number of anilines is 3. The number of methoxy groups -OCH3 is 1. The first kappa shape index (κ1) is 22.0. The van der Waals surface area contributed by atoms with Crippen LogP contribution >= 0.6 is 0 Å². The van der Waals surface area contributed by atoms with E-state index in [2.05, 4.69) is 20.7 Å². The summed E-state index contributed by atoms with van der Waals surface area (Å²) in [5.74, 6) is -1.04. The number of ether oxygens (including phenoxy) is 2. The van der Waals surface area contributed by atoms with E-state index >= 15 is 0 Å². The van der Waals surface area contributed by atoms with E-state index in [1.54, 1.807) is 31.2 Å². The van der Waals surface area contributed by atoms with Crippen molar-refractivity contribution in [3.8, 4) is 5.75 Å². The van der Waals surface area contributed by atoms with Gasteiger partial charge in [-0.3, -0.25) is 9.59 Å². The topological polar surface area (TPSA) is 88.7 Å². The first-order chi connectivity index (χ1) is 13.7. The highest BCUT2D eigenvalue weighted by atomic mass is 19.4. The fourth-order valence-electron chi connectivity index (χ4n) is 2.28. The molecule has 2 aromatic carbocycles. The smallest absolute Gasteiger partial charge is 0.406 e. The first-order valence-electron chi connectivity index (χ1n) is 8.48. The number of hydrogen-bond donors (Lipinski definition) is 3. The standard InChI is InChI=1S/C19H20F3N3O4/c1-12(23-13-3-5-14(6-4-13)24-17(26)11-28-2)18(27)25-15-7-9-16(10-8-15)29-19(20,21)22/h3-10,12,23H,11H2,1-2H3,(H,24,26)(H,25,27). The van der Waals surface area contributed by atoms with Gasteiger partial charge in [-0.2, -0.15) is 0 Å². The number of amides is 2. The monoisotopic (exact) mass is 411 g/mol. The zero-order valence-electron chi connectivity index (χ0n) is 15.7. The highest BCUT2D eigenvalue weighted by molar-refractivity contribution is 5.96. The molecule has 29 heavy (non-hydrogen) atoms. The van der Waals surface area contributed by atoms with Crippen molar-refractivity contribution in [2.45, 2.75) is 19.3 Å². The number of rotatable bonds is 8. The van der Waals surface area contributed by atoms with Crippen LogP contribution in [0.3, 0.4) is 0 Å². The number of benzene rings is 2. The minimum atomic E-state index is -4.77. The maximum absolute atomic E-state index is 12.3. The predicted octanol–water partition coefficient (Wildman–Crippen LogP) is 3.61. The summed E-state index contributed by atoms with van der Waals surface area (Å²) in [5, 5.41) is 8.23. The molecule has 1 unspecified atom stereocenters. The number of nitrogens with one attached hydrogen (secondary N) is 3. The number of alkyl halides is 3. The third-order valence-electron chi connectivity index (χ3n) is 3.58. The Bertz CT molecular complexity index is 824. The van der Waals surface area contributed by atoms with Crippen LogP contribution in [0.25, 0.3) is 0 Å². The maximum atomic E-state index is 12.3. The number of hydrogen-bond acceptors (Lipinski definition) is 5. The van der Waals surface area contributed by atoms with E-state index in [1.165, 1.54) is 19.2 Å². The molecule has 2 aromatic rings. The van der Waals surface area contributed by atoms with Crippen LogP contribution in [-0.4, -0.2) is 37.9 Å². The molecule has 0 aliphatic rings. The summed E-state index contributed by atoms with van der Waals surface area (Å²) in [5.41, 5.74) is 1.55. The molecule has 0 radical (unpaired) electrons. The van der Waals surface area contributed by atoms with Gasteiger partial charge in [0.25, 0.3) is 0 Å². The van der Waals surface area contributed by atoms with Gasteiger partial charge in [-0.25, -0.2) is 0 Å². The molecule has 2 rings (SSSR count). The molecule has 0 aromatic heterocycles. The highest BCUT2D eigenvalue weighted by Gasteiger charge is 2.31. The molecule has 0 aliphatic heterocycles. The Kier molecular flexibility index (Phi) is 7.43.